The maximum absolute atomic E-state index is 12.9. The number of carbonyl (C=O) groups is 2. The monoisotopic (exact) mass is 499 g/mol. The van der Waals surface area contributed by atoms with Crippen molar-refractivity contribution in [2.75, 3.05) is 17.4 Å². The highest BCUT2D eigenvalue weighted by Gasteiger charge is 2.33. The Balaban J connectivity index is 1.30. The van der Waals surface area contributed by atoms with Crippen LogP contribution in [0.3, 0.4) is 0 Å². The van der Waals surface area contributed by atoms with Gasteiger partial charge < -0.3 is 14.8 Å². The number of ether oxygens (including phenoxy) is 2. The molecule has 1 unspecified atom stereocenters. The minimum absolute atomic E-state index is 0.0804. The maximum Gasteiger partial charge on any atom is 0.257 e. The number of nitrogens with one attached hydrogen (secondary N) is 2. The standard InChI is InChI=1S/C22H18BrN3O4S/c1-11-8-13(23)3-5-15(11)24-21(28)14-4-7-18-19(14)25-22(31-18)26-20(27)12-2-6-16-17(9-12)30-10-29-16/h2-3,5-6,8-9,14H,4,7,10H2,1H3,(H,24,28)(H,25,26,27). The topological polar surface area (TPSA) is 89.6 Å². The minimum atomic E-state index is -0.328. The Morgan fingerprint density at radius 3 is 2.81 bits per heavy atom. The van der Waals surface area contributed by atoms with E-state index in [1.54, 1.807) is 18.2 Å². The van der Waals surface area contributed by atoms with Crippen molar-refractivity contribution < 1.29 is 19.1 Å². The van der Waals surface area contributed by atoms with Crippen molar-refractivity contribution in [3.8, 4) is 11.5 Å². The lowest BCUT2D eigenvalue weighted by Crippen LogP contribution is -2.20. The molecule has 7 nitrogen and oxygen atoms in total. The highest BCUT2D eigenvalue weighted by Crippen LogP contribution is 2.39. The van der Waals surface area contributed by atoms with E-state index in [2.05, 4.69) is 31.5 Å². The molecule has 0 saturated carbocycles. The summed E-state index contributed by atoms with van der Waals surface area (Å²) in [5.74, 6) is 0.486. The van der Waals surface area contributed by atoms with E-state index in [9.17, 15) is 9.59 Å². The molecule has 0 spiro atoms. The van der Waals surface area contributed by atoms with Crippen LogP contribution in [0.25, 0.3) is 0 Å². The third kappa shape index (κ3) is 3.90. The second-order valence-electron chi connectivity index (χ2n) is 7.39. The molecule has 5 rings (SSSR count). The summed E-state index contributed by atoms with van der Waals surface area (Å²) in [5, 5.41) is 6.34. The van der Waals surface area contributed by atoms with E-state index in [1.165, 1.54) is 11.3 Å². The highest BCUT2D eigenvalue weighted by atomic mass is 79.9. The summed E-state index contributed by atoms with van der Waals surface area (Å²) in [6, 6.07) is 10.8. The SMILES string of the molecule is Cc1cc(Br)ccc1NC(=O)C1CCc2sc(NC(=O)c3ccc4c(c3)OCO4)nc21. The predicted octanol–water partition coefficient (Wildman–Crippen LogP) is 4.86. The molecule has 0 bridgehead atoms. The fraction of sp³-hybridized carbons (Fsp3) is 0.227. The zero-order valence-corrected chi connectivity index (χ0v) is 18.9. The fourth-order valence-corrected chi connectivity index (χ4v) is 5.24. The van der Waals surface area contributed by atoms with Crippen LogP contribution in [0, 0.1) is 6.92 Å². The molecule has 0 radical (unpaired) electrons. The number of aryl methyl sites for hydroxylation is 2. The van der Waals surface area contributed by atoms with Crippen molar-refractivity contribution in [1.82, 2.24) is 4.98 Å². The second kappa shape index (κ2) is 7.97. The molecule has 1 aliphatic carbocycles. The van der Waals surface area contributed by atoms with Crippen LogP contribution in [-0.2, 0) is 11.2 Å². The molecular formula is C22H18BrN3O4S. The number of rotatable bonds is 4. The molecule has 2 amide bonds. The van der Waals surface area contributed by atoms with E-state index >= 15 is 0 Å². The number of benzene rings is 2. The molecule has 9 heteroatoms. The van der Waals surface area contributed by atoms with Gasteiger partial charge in [0.25, 0.3) is 5.91 Å². The lowest BCUT2D eigenvalue weighted by Gasteiger charge is -2.13. The molecule has 3 aromatic rings. The molecule has 0 saturated heterocycles. The quantitative estimate of drug-likeness (QED) is 0.534. The summed E-state index contributed by atoms with van der Waals surface area (Å²) >= 11 is 4.85. The second-order valence-corrected chi connectivity index (χ2v) is 9.39. The average molecular weight is 500 g/mol. The summed E-state index contributed by atoms with van der Waals surface area (Å²) < 4.78 is 11.6. The Labute approximate surface area is 190 Å². The molecular weight excluding hydrogens is 482 g/mol. The number of amides is 2. The van der Waals surface area contributed by atoms with Gasteiger partial charge in [0.15, 0.2) is 16.6 Å². The van der Waals surface area contributed by atoms with Crippen molar-refractivity contribution in [3.63, 3.8) is 0 Å². The van der Waals surface area contributed by atoms with Crippen molar-refractivity contribution in [2.45, 2.75) is 25.7 Å². The number of hydrogen-bond donors (Lipinski definition) is 2. The van der Waals surface area contributed by atoms with Crippen LogP contribution in [-0.4, -0.2) is 23.6 Å². The highest BCUT2D eigenvalue weighted by molar-refractivity contribution is 9.10. The molecule has 2 N–H and O–H groups in total. The lowest BCUT2D eigenvalue weighted by molar-refractivity contribution is -0.117. The zero-order valence-electron chi connectivity index (χ0n) is 16.5. The van der Waals surface area contributed by atoms with E-state index < -0.39 is 0 Å². The first kappa shape index (κ1) is 20.0. The van der Waals surface area contributed by atoms with Crippen LogP contribution in [0.5, 0.6) is 11.5 Å². The molecule has 1 aromatic heterocycles. The van der Waals surface area contributed by atoms with Crippen LogP contribution >= 0.6 is 27.3 Å². The van der Waals surface area contributed by atoms with Gasteiger partial charge in [0.2, 0.25) is 12.7 Å². The minimum Gasteiger partial charge on any atom is -0.454 e. The normalized spacial score (nSPS) is 16.1. The summed E-state index contributed by atoms with van der Waals surface area (Å²) in [7, 11) is 0. The smallest absolute Gasteiger partial charge is 0.257 e. The van der Waals surface area contributed by atoms with E-state index in [1.807, 2.05) is 25.1 Å². The summed E-state index contributed by atoms with van der Waals surface area (Å²) in [4.78, 5) is 31.2. The zero-order chi connectivity index (χ0) is 21.5. The Morgan fingerprint density at radius 1 is 1.13 bits per heavy atom. The maximum atomic E-state index is 12.9. The van der Waals surface area contributed by atoms with Gasteiger partial charge in [0.1, 0.15) is 0 Å². The van der Waals surface area contributed by atoms with Gasteiger partial charge in [-0.05, 0) is 61.7 Å². The number of nitrogens with zero attached hydrogens (tertiary/aromatic N) is 1. The van der Waals surface area contributed by atoms with Crippen molar-refractivity contribution >= 4 is 49.9 Å². The number of hydrogen-bond acceptors (Lipinski definition) is 6. The first-order valence-electron chi connectivity index (χ1n) is 9.75. The van der Waals surface area contributed by atoms with Gasteiger partial charge in [0, 0.05) is 20.6 Å². The predicted molar refractivity (Wildman–Crippen MR) is 121 cm³/mol. The van der Waals surface area contributed by atoms with E-state index in [0.717, 1.165) is 32.7 Å². The van der Waals surface area contributed by atoms with Crippen LogP contribution in [0.1, 0.15) is 38.8 Å². The van der Waals surface area contributed by atoms with E-state index in [4.69, 9.17) is 9.47 Å². The molecule has 0 fully saturated rings. The molecule has 1 aliphatic heterocycles. The van der Waals surface area contributed by atoms with Gasteiger partial charge in [-0.2, -0.15) is 0 Å². The first-order valence-corrected chi connectivity index (χ1v) is 11.4. The van der Waals surface area contributed by atoms with Crippen LogP contribution in [0.2, 0.25) is 0 Å². The third-order valence-electron chi connectivity index (χ3n) is 5.34. The van der Waals surface area contributed by atoms with Gasteiger partial charge in [-0.25, -0.2) is 4.98 Å². The molecule has 2 aliphatic rings. The largest absolute Gasteiger partial charge is 0.454 e. The average Bonchev–Trinajstić information content (AvgIpc) is 3.44. The van der Waals surface area contributed by atoms with Crippen LogP contribution in [0.15, 0.2) is 40.9 Å². The van der Waals surface area contributed by atoms with Gasteiger partial charge in [-0.3, -0.25) is 14.9 Å². The van der Waals surface area contributed by atoms with Crippen molar-refractivity contribution in [1.29, 1.82) is 0 Å². The molecule has 31 heavy (non-hydrogen) atoms. The Bertz CT molecular complexity index is 1210. The van der Waals surface area contributed by atoms with Gasteiger partial charge in [-0.1, -0.05) is 15.9 Å². The number of fused-ring (bicyclic) bond motifs is 2. The van der Waals surface area contributed by atoms with Crippen molar-refractivity contribution in [3.05, 3.63) is 62.6 Å². The Kier molecular flexibility index (Phi) is 5.15. The molecule has 2 heterocycles. The molecule has 158 valence electrons. The number of thiazole rings is 1. The van der Waals surface area contributed by atoms with Crippen LogP contribution < -0.4 is 20.1 Å². The number of aromatic nitrogens is 1. The Hall–Kier alpha value is -2.91. The first-order chi connectivity index (χ1) is 15.0. The van der Waals surface area contributed by atoms with E-state index in [0.29, 0.717) is 28.6 Å². The lowest BCUT2D eigenvalue weighted by atomic mass is 10.1. The fourth-order valence-electron chi connectivity index (χ4n) is 3.73. The third-order valence-corrected chi connectivity index (χ3v) is 6.88. The number of anilines is 2. The summed E-state index contributed by atoms with van der Waals surface area (Å²) in [5.41, 5.74) is 2.97. The number of carbonyl (C=O) groups excluding carboxylic acids is 2. The summed E-state index contributed by atoms with van der Waals surface area (Å²) in [6.07, 6.45) is 1.48. The van der Waals surface area contributed by atoms with Gasteiger partial charge >= 0.3 is 0 Å². The van der Waals surface area contributed by atoms with Crippen LogP contribution in [0.4, 0.5) is 10.8 Å². The molecule has 1 atom stereocenters. The molecule has 2 aromatic carbocycles. The van der Waals surface area contributed by atoms with Gasteiger partial charge in [0.05, 0.1) is 11.6 Å². The van der Waals surface area contributed by atoms with Gasteiger partial charge in [-0.15, -0.1) is 11.3 Å². The van der Waals surface area contributed by atoms with Crippen molar-refractivity contribution in [2.24, 2.45) is 0 Å². The van der Waals surface area contributed by atoms with E-state index in [-0.39, 0.29) is 24.5 Å². The number of halogens is 1. The Morgan fingerprint density at radius 2 is 1.97 bits per heavy atom. The summed E-state index contributed by atoms with van der Waals surface area (Å²) in [6.45, 7) is 2.11.